The predicted octanol–water partition coefficient (Wildman–Crippen LogP) is 1.74. The second-order valence-corrected chi connectivity index (χ2v) is 6.68. The summed E-state index contributed by atoms with van der Waals surface area (Å²) in [5.74, 6) is 0.427. The van der Waals surface area contributed by atoms with E-state index in [4.69, 9.17) is 5.73 Å². The minimum atomic E-state index is -0.539. The van der Waals surface area contributed by atoms with Crippen molar-refractivity contribution < 1.29 is 4.79 Å². The average molecular weight is 269 g/mol. The number of nitrogens with two attached hydrogens (primary N) is 1. The summed E-state index contributed by atoms with van der Waals surface area (Å²) in [5.41, 5.74) is 5.02. The van der Waals surface area contributed by atoms with E-state index >= 15 is 0 Å². The van der Waals surface area contributed by atoms with Gasteiger partial charge in [0.25, 0.3) is 0 Å². The van der Waals surface area contributed by atoms with E-state index in [1.807, 2.05) is 6.92 Å². The Morgan fingerprint density at radius 3 is 2.42 bits per heavy atom. The lowest BCUT2D eigenvalue weighted by Crippen LogP contribution is -2.54. The first-order valence-corrected chi connectivity index (χ1v) is 7.54. The lowest BCUT2D eigenvalue weighted by Gasteiger charge is -2.31. The number of nitrogens with one attached hydrogen (secondary N) is 1. The number of primary amides is 1. The Bertz CT molecular complexity index is 302. The Hall–Kier alpha value is -0.610. The van der Waals surface area contributed by atoms with Crippen LogP contribution in [-0.2, 0) is 4.79 Å². The van der Waals surface area contributed by atoms with Gasteiger partial charge in [0, 0.05) is 12.1 Å². The van der Waals surface area contributed by atoms with E-state index in [0.29, 0.717) is 18.0 Å². The maximum atomic E-state index is 11.6. The van der Waals surface area contributed by atoms with Crippen LogP contribution in [0.25, 0.3) is 0 Å². The van der Waals surface area contributed by atoms with Crippen LogP contribution in [0.5, 0.6) is 0 Å². The number of rotatable bonds is 9. The standard InChI is InChI=1S/C15H31N3O/c1-11(2)12(3)18(5)10-6-9-15(4,14(16)19)17-13-7-8-13/h11-13,17H,6-10H2,1-5H3,(H2,16,19). The molecule has 19 heavy (non-hydrogen) atoms. The van der Waals surface area contributed by atoms with Gasteiger partial charge < -0.3 is 16.0 Å². The lowest BCUT2D eigenvalue weighted by atomic mass is 9.94. The van der Waals surface area contributed by atoms with Gasteiger partial charge in [-0.3, -0.25) is 4.79 Å². The highest BCUT2D eigenvalue weighted by molar-refractivity contribution is 5.84. The van der Waals surface area contributed by atoms with Crippen molar-refractivity contribution in [3.8, 4) is 0 Å². The Kier molecular flexibility index (Phi) is 5.81. The Labute approximate surface area is 118 Å². The molecule has 4 nitrogen and oxygen atoms in total. The number of carbonyl (C=O) groups is 1. The first-order valence-electron chi connectivity index (χ1n) is 7.54. The van der Waals surface area contributed by atoms with E-state index in [9.17, 15) is 4.79 Å². The van der Waals surface area contributed by atoms with Crippen LogP contribution < -0.4 is 11.1 Å². The van der Waals surface area contributed by atoms with Crippen LogP contribution in [0.4, 0.5) is 0 Å². The van der Waals surface area contributed by atoms with Crippen LogP contribution >= 0.6 is 0 Å². The third kappa shape index (κ3) is 5.11. The number of carbonyl (C=O) groups excluding carboxylic acids is 1. The Morgan fingerprint density at radius 1 is 1.42 bits per heavy atom. The molecular formula is C15H31N3O. The molecule has 3 N–H and O–H groups in total. The Morgan fingerprint density at radius 2 is 2.00 bits per heavy atom. The van der Waals surface area contributed by atoms with Gasteiger partial charge in [0.2, 0.25) is 5.91 Å². The zero-order valence-corrected chi connectivity index (χ0v) is 13.2. The van der Waals surface area contributed by atoms with Crippen molar-refractivity contribution >= 4 is 5.91 Å². The molecule has 2 atom stereocenters. The van der Waals surface area contributed by atoms with Gasteiger partial charge in [0.05, 0.1) is 5.54 Å². The number of hydrogen-bond acceptors (Lipinski definition) is 3. The zero-order valence-electron chi connectivity index (χ0n) is 13.2. The largest absolute Gasteiger partial charge is 0.368 e. The molecule has 0 radical (unpaired) electrons. The molecule has 1 rings (SSSR count). The van der Waals surface area contributed by atoms with E-state index in [1.54, 1.807) is 0 Å². The molecule has 0 aromatic rings. The molecule has 0 saturated heterocycles. The summed E-state index contributed by atoms with van der Waals surface area (Å²) in [5, 5.41) is 3.40. The number of hydrogen-bond donors (Lipinski definition) is 2. The topological polar surface area (TPSA) is 58.4 Å². The predicted molar refractivity (Wildman–Crippen MR) is 79.9 cm³/mol. The molecule has 0 aromatic heterocycles. The molecule has 1 saturated carbocycles. The lowest BCUT2D eigenvalue weighted by molar-refractivity contribution is -0.124. The fraction of sp³-hybridized carbons (Fsp3) is 0.933. The molecular weight excluding hydrogens is 238 g/mol. The van der Waals surface area contributed by atoms with Gasteiger partial charge in [-0.1, -0.05) is 13.8 Å². The summed E-state index contributed by atoms with van der Waals surface area (Å²) in [4.78, 5) is 14.0. The summed E-state index contributed by atoms with van der Waals surface area (Å²) in [6.45, 7) is 9.68. The molecule has 0 bridgehead atoms. The van der Waals surface area contributed by atoms with Crippen molar-refractivity contribution in [3.63, 3.8) is 0 Å². The first-order chi connectivity index (χ1) is 8.76. The molecule has 2 unspecified atom stereocenters. The molecule has 0 aliphatic heterocycles. The zero-order chi connectivity index (χ0) is 14.6. The van der Waals surface area contributed by atoms with Crippen LogP contribution in [-0.4, -0.2) is 42.0 Å². The van der Waals surface area contributed by atoms with E-state index in [2.05, 4.69) is 38.0 Å². The van der Waals surface area contributed by atoms with Crippen LogP contribution in [0.2, 0.25) is 0 Å². The average Bonchev–Trinajstić information content (AvgIpc) is 3.11. The maximum absolute atomic E-state index is 11.6. The summed E-state index contributed by atoms with van der Waals surface area (Å²) in [6, 6.07) is 1.07. The van der Waals surface area contributed by atoms with Crippen molar-refractivity contribution in [1.82, 2.24) is 10.2 Å². The van der Waals surface area contributed by atoms with Crippen molar-refractivity contribution in [2.24, 2.45) is 11.7 Å². The van der Waals surface area contributed by atoms with Gasteiger partial charge in [-0.25, -0.2) is 0 Å². The van der Waals surface area contributed by atoms with E-state index < -0.39 is 5.54 Å². The molecule has 4 heteroatoms. The number of nitrogens with zero attached hydrogens (tertiary/aromatic N) is 1. The fourth-order valence-corrected chi connectivity index (χ4v) is 2.34. The van der Waals surface area contributed by atoms with Crippen LogP contribution in [0, 0.1) is 5.92 Å². The van der Waals surface area contributed by atoms with Gasteiger partial charge in [0.15, 0.2) is 0 Å². The number of amides is 1. The SMILES string of the molecule is CC(C)C(C)N(C)CCCC(C)(NC1CC1)C(N)=O. The van der Waals surface area contributed by atoms with Gasteiger partial charge in [-0.2, -0.15) is 0 Å². The van der Waals surface area contributed by atoms with Crippen molar-refractivity contribution in [3.05, 3.63) is 0 Å². The molecule has 1 amide bonds. The summed E-state index contributed by atoms with van der Waals surface area (Å²) in [7, 11) is 2.15. The van der Waals surface area contributed by atoms with Crippen molar-refractivity contribution in [2.75, 3.05) is 13.6 Å². The highest BCUT2D eigenvalue weighted by atomic mass is 16.1. The third-order valence-electron chi connectivity index (χ3n) is 4.49. The minimum absolute atomic E-state index is 0.223. The van der Waals surface area contributed by atoms with Crippen molar-refractivity contribution in [1.29, 1.82) is 0 Å². The maximum Gasteiger partial charge on any atom is 0.237 e. The van der Waals surface area contributed by atoms with Gasteiger partial charge in [0.1, 0.15) is 0 Å². The summed E-state index contributed by atoms with van der Waals surface area (Å²) < 4.78 is 0. The summed E-state index contributed by atoms with van der Waals surface area (Å²) in [6.07, 6.45) is 4.15. The molecule has 0 spiro atoms. The quantitative estimate of drug-likeness (QED) is 0.670. The third-order valence-corrected chi connectivity index (χ3v) is 4.49. The molecule has 0 aromatic carbocycles. The van der Waals surface area contributed by atoms with Crippen LogP contribution in [0.15, 0.2) is 0 Å². The Balaban J connectivity index is 2.37. The highest BCUT2D eigenvalue weighted by Crippen LogP contribution is 2.25. The van der Waals surface area contributed by atoms with Gasteiger partial charge in [-0.15, -0.1) is 0 Å². The monoisotopic (exact) mass is 269 g/mol. The first kappa shape index (κ1) is 16.4. The summed E-state index contributed by atoms with van der Waals surface area (Å²) >= 11 is 0. The van der Waals surface area contributed by atoms with E-state index in [0.717, 1.165) is 19.4 Å². The van der Waals surface area contributed by atoms with Crippen LogP contribution in [0.3, 0.4) is 0 Å². The molecule has 1 fully saturated rings. The molecule has 1 aliphatic carbocycles. The minimum Gasteiger partial charge on any atom is -0.368 e. The van der Waals surface area contributed by atoms with Gasteiger partial charge in [-0.05, 0) is 59.0 Å². The second kappa shape index (κ2) is 6.71. The van der Waals surface area contributed by atoms with Crippen LogP contribution in [0.1, 0.15) is 53.4 Å². The van der Waals surface area contributed by atoms with Gasteiger partial charge >= 0.3 is 0 Å². The molecule has 1 aliphatic rings. The second-order valence-electron chi connectivity index (χ2n) is 6.68. The van der Waals surface area contributed by atoms with Crippen molar-refractivity contribution in [2.45, 2.75) is 71.0 Å². The normalized spacial score (nSPS) is 20.6. The smallest absolute Gasteiger partial charge is 0.237 e. The fourth-order valence-electron chi connectivity index (χ4n) is 2.34. The highest BCUT2D eigenvalue weighted by Gasteiger charge is 2.36. The molecule has 0 heterocycles. The molecule has 112 valence electrons. The van der Waals surface area contributed by atoms with E-state index in [1.165, 1.54) is 12.8 Å². The van der Waals surface area contributed by atoms with E-state index in [-0.39, 0.29) is 5.91 Å².